The van der Waals surface area contributed by atoms with Crippen LogP contribution in [0.4, 0.5) is 0 Å². The number of likely N-dealkylation sites (tertiary alicyclic amines) is 1. The number of nitrogens with zero attached hydrogens (tertiary/aromatic N) is 1. The summed E-state index contributed by atoms with van der Waals surface area (Å²) in [6.07, 6.45) is 3.93. The molecule has 0 aliphatic carbocycles. The van der Waals surface area contributed by atoms with Crippen LogP contribution in [0.2, 0.25) is 0 Å². The number of ether oxygens (including phenoxy) is 2. The Balaban J connectivity index is 0.000000646. The zero-order chi connectivity index (χ0) is 20.1. The summed E-state index contributed by atoms with van der Waals surface area (Å²) in [4.78, 5) is 24.5. The van der Waals surface area contributed by atoms with E-state index in [1.807, 2.05) is 36.8 Å². The molecule has 7 nitrogen and oxygen atoms in total. The van der Waals surface area contributed by atoms with Crippen LogP contribution in [0.15, 0.2) is 29.2 Å². The third kappa shape index (κ3) is 7.51. The van der Waals surface area contributed by atoms with Crippen LogP contribution in [0.25, 0.3) is 0 Å². The number of rotatable bonds is 6. The van der Waals surface area contributed by atoms with Gasteiger partial charge >= 0.3 is 0 Å². The molecule has 0 unspecified atom stereocenters. The van der Waals surface area contributed by atoms with Gasteiger partial charge in [-0.1, -0.05) is 5.92 Å². The van der Waals surface area contributed by atoms with Crippen molar-refractivity contribution in [3.8, 4) is 17.8 Å². The second-order valence-electron chi connectivity index (χ2n) is 5.82. The highest BCUT2D eigenvalue weighted by Gasteiger charge is 2.41. The van der Waals surface area contributed by atoms with Crippen molar-refractivity contribution in [3.63, 3.8) is 0 Å². The number of carbonyl (C=O) groups excluding carboxylic acids is 2. The van der Waals surface area contributed by atoms with Gasteiger partial charge in [0.1, 0.15) is 16.6 Å². The molecule has 0 saturated carbocycles. The van der Waals surface area contributed by atoms with Gasteiger partial charge in [-0.3, -0.25) is 14.8 Å². The summed E-state index contributed by atoms with van der Waals surface area (Å²) >= 11 is 1.49. The molecule has 1 aromatic rings. The maximum absolute atomic E-state index is 12.2. The summed E-state index contributed by atoms with van der Waals surface area (Å²) < 4.78 is 8.73. The van der Waals surface area contributed by atoms with E-state index in [1.54, 1.807) is 13.8 Å². The summed E-state index contributed by atoms with van der Waals surface area (Å²) in [5, 5.41) is 9.08. The van der Waals surface area contributed by atoms with Gasteiger partial charge in [0.05, 0.1) is 6.61 Å². The van der Waals surface area contributed by atoms with Crippen LogP contribution in [0.5, 0.6) is 5.75 Å². The number of amides is 1. The first-order valence-electron chi connectivity index (χ1n) is 8.57. The number of piperidine rings is 1. The Kier molecular flexibility index (Phi) is 10.3. The van der Waals surface area contributed by atoms with Crippen molar-refractivity contribution in [1.29, 1.82) is 0 Å². The molecule has 1 heterocycles. The Bertz CT molecular complexity index is 646. The minimum Gasteiger partial charge on any atom is -0.468 e. The number of hydrogen-bond donors (Lipinski definition) is 2. The number of nitrogens with one attached hydrogen (secondary N) is 1. The fourth-order valence-electron chi connectivity index (χ4n) is 2.44. The quantitative estimate of drug-likeness (QED) is 0.331. The lowest BCUT2D eigenvalue weighted by Gasteiger charge is -2.38. The van der Waals surface area contributed by atoms with Crippen LogP contribution < -0.4 is 10.2 Å². The summed E-state index contributed by atoms with van der Waals surface area (Å²) in [6, 6.07) is 7.46. The molecule has 0 atom stereocenters. The molecule has 0 spiro atoms. The predicted molar refractivity (Wildman–Crippen MR) is 103 cm³/mol. The Morgan fingerprint density at radius 1 is 1.37 bits per heavy atom. The predicted octanol–water partition coefficient (Wildman–Crippen LogP) is 2.29. The van der Waals surface area contributed by atoms with E-state index in [4.69, 9.17) is 9.94 Å². The van der Waals surface area contributed by atoms with E-state index in [-0.39, 0.29) is 5.91 Å². The largest absolute Gasteiger partial charge is 0.468 e. The smallest absolute Gasteiger partial charge is 0.293 e. The molecule has 2 rings (SSSR count). The molecule has 1 aliphatic rings. The molecule has 27 heavy (non-hydrogen) atoms. The first kappa shape index (κ1) is 22.8. The van der Waals surface area contributed by atoms with Crippen molar-refractivity contribution in [3.05, 3.63) is 24.3 Å². The van der Waals surface area contributed by atoms with Crippen LogP contribution in [-0.2, 0) is 14.3 Å². The number of thioether (sulfide) groups is 1. The zero-order valence-corrected chi connectivity index (χ0v) is 16.7. The van der Waals surface area contributed by atoms with Crippen molar-refractivity contribution in [2.45, 2.75) is 36.3 Å². The molecule has 0 radical (unpaired) electrons. The van der Waals surface area contributed by atoms with Crippen molar-refractivity contribution in [1.82, 2.24) is 10.4 Å². The molecule has 1 saturated heterocycles. The van der Waals surface area contributed by atoms with Crippen molar-refractivity contribution < 1.29 is 24.3 Å². The fraction of sp³-hybridized carbons (Fsp3) is 0.474. The SMILES string of the molecule is CC#COc1ccc(SC2(C(=O)NO)CCN(C)CC2)cc1.CCOC=O. The van der Waals surface area contributed by atoms with Gasteiger partial charge < -0.3 is 14.4 Å². The molecule has 8 heteroatoms. The highest BCUT2D eigenvalue weighted by atomic mass is 32.2. The molecule has 2 N–H and O–H groups in total. The lowest BCUT2D eigenvalue weighted by atomic mass is 9.95. The first-order chi connectivity index (χ1) is 13.0. The van der Waals surface area contributed by atoms with Crippen LogP contribution in [-0.4, -0.2) is 54.0 Å². The van der Waals surface area contributed by atoms with E-state index in [9.17, 15) is 9.59 Å². The van der Waals surface area contributed by atoms with Crippen LogP contribution in [0, 0.1) is 12.0 Å². The molecule has 148 valence electrons. The maximum atomic E-state index is 12.2. The molecule has 0 aromatic heterocycles. The van der Waals surface area contributed by atoms with Crippen LogP contribution in [0.1, 0.15) is 26.7 Å². The molecule has 1 amide bonds. The fourth-order valence-corrected chi connectivity index (χ4v) is 3.68. The topological polar surface area (TPSA) is 88.1 Å². The van der Waals surface area contributed by atoms with E-state index < -0.39 is 4.75 Å². The zero-order valence-electron chi connectivity index (χ0n) is 15.9. The summed E-state index contributed by atoms with van der Waals surface area (Å²) in [5.41, 5.74) is 1.83. The van der Waals surface area contributed by atoms with Gasteiger partial charge in [0.25, 0.3) is 12.4 Å². The minimum atomic E-state index is -0.632. The van der Waals surface area contributed by atoms with Gasteiger partial charge in [0, 0.05) is 11.8 Å². The molecule has 0 bridgehead atoms. The van der Waals surface area contributed by atoms with Crippen molar-refractivity contribution in [2.75, 3.05) is 26.7 Å². The Hall–Kier alpha value is -2.21. The lowest BCUT2D eigenvalue weighted by molar-refractivity contribution is -0.133. The van der Waals surface area contributed by atoms with Gasteiger partial charge in [-0.2, -0.15) is 0 Å². The number of carbonyl (C=O) groups is 2. The number of benzene rings is 1. The molecule has 1 aliphatic heterocycles. The van der Waals surface area contributed by atoms with E-state index in [0.717, 1.165) is 18.0 Å². The van der Waals surface area contributed by atoms with Crippen molar-refractivity contribution in [2.24, 2.45) is 0 Å². The Labute approximate surface area is 164 Å². The van der Waals surface area contributed by atoms with Gasteiger partial charge in [-0.05, 0) is 64.2 Å². The number of hydrogen-bond acceptors (Lipinski definition) is 7. The van der Waals surface area contributed by atoms with E-state index in [0.29, 0.717) is 31.7 Å². The normalized spacial score (nSPS) is 15.3. The Morgan fingerprint density at radius 3 is 2.44 bits per heavy atom. The Morgan fingerprint density at radius 2 is 2.00 bits per heavy atom. The van der Waals surface area contributed by atoms with E-state index in [2.05, 4.69) is 21.7 Å². The summed E-state index contributed by atoms with van der Waals surface area (Å²) in [6.45, 7) is 6.03. The average Bonchev–Trinajstić information content (AvgIpc) is 2.70. The standard InChI is InChI=1S/C16H20N2O3S.C3H6O2/c1-3-12-21-13-4-6-14(7-5-13)22-16(15(19)17-20)8-10-18(2)11-9-16;1-2-5-3-4/h4-7,20H,8-11H2,1-2H3,(H,17,19);3H,2H2,1H3. The second kappa shape index (κ2) is 12.2. The van der Waals surface area contributed by atoms with Gasteiger partial charge in [0.2, 0.25) is 0 Å². The highest BCUT2D eigenvalue weighted by Crippen LogP contribution is 2.41. The van der Waals surface area contributed by atoms with Gasteiger partial charge in [-0.25, -0.2) is 5.48 Å². The summed E-state index contributed by atoms with van der Waals surface area (Å²) in [7, 11) is 2.03. The van der Waals surface area contributed by atoms with E-state index >= 15 is 0 Å². The van der Waals surface area contributed by atoms with Gasteiger partial charge in [0.15, 0.2) is 0 Å². The summed E-state index contributed by atoms with van der Waals surface area (Å²) in [5.74, 6) is 3.00. The third-order valence-electron chi connectivity index (χ3n) is 3.95. The van der Waals surface area contributed by atoms with E-state index in [1.165, 1.54) is 11.8 Å². The molecular weight excluding hydrogens is 368 g/mol. The lowest BCUT2D eigenvalue weighted by Crippen LogP contribution is -2.50. The molecular formula is C19H26N2O5S. The average molecular weight is 394 g/mol. The highest BCUT2D eigenvalue weighted by molar-refractivity contribution is 8.01. The minimum absolute atomic E-state index is 0.331. The number of hydroxylamine groups is 1. The van der Waals surface area contributed by atoms with Crippen LogP contribution in [0.3, 0.4) is 0 Å². The molecule has 1 fully saturated rings. The second-order valence-corrected chi connectivity index (χ2v) is 7.27. The van der Waals surface area contributed by atoms with Crippen LogP contribution >= 0.6 is 11.8 Å². The monoisotopic (exact) mass is 394 g/mol. The van der Waals surface area contributed by atoms with Crippen molar-refractivity contribution >= 4 is 24.1 Å². The third-order valence-corrected chi connectivity index (χ3v) is 5.44. The van der Waals surface area contributed by atoms with Gasteiger partial charge in [-0.15, -0.1) is 11.8 Å². The first-order valence-corrected chi connectivity index (χ1v) is 9.39. The molecule has 1 aromatic carbocycles. The maximum Gasteiger partial charge on any atom is 0.293 e.